The van der Waals surface area contributed by atoms with Crippen LogP contribution in [0.5, 0.6) is 17.2 Å². The average molecular weight is 492 g/mol. The van der Waals surface area contributed by atoms with E-state index in [9.17, 15) is 4.79 Å². The number of rotatable bonds is 11. The summed E-state index contributed by atoms with van der Waals surface area (Å²) in [4.78, 5) is 18.0. The predicted molar refractivity (Wildman–Crippen MR) is 140 cm³/mol. The van der Waals surface area contributed by atoms with E-state index in [1.54, 1.807) is 20.3 Å². The van der Waals surface area contributed by atoms with Gasteiger partial charge in [0.2, 0.25) is 4.96 Å². The lowest BCUT2D eigenvalue weighted by Gasteiger charge is -2.08. The summed E-state index contributed by atoms with van der Waals surface area (Å²) in [5, 5.41) is 4.38. The van der Waals surface area contributed by atoms with Crippen LogP contribution in [0.3, 0.4) is 0 Å². The molecule has 0 fully saturated rings. The second-order valence-electron chi connectivity index (χ2n) is 7.97. The molecule has 0 atom stereocenters. The van der Waals surface area contributed by atoms with E-state index >= 15 is 0 Å². The topological polar surface area (TPSA) is 74.9 Å². The van der Waals surface area contributed by atoms with E-state index < -0.39 is 0 Å². The third-order valence-corrected chi connectivity index (χ3v) is 6.45. The molecule has 2 aromatic carbocycles. The standard InChI is InChI=1S/C27H29N3O4S/c1-4-5-6-9-16-34-21-11-8-7-10-20(21)18-24-26(31)30-27(35-24)28-25(29-30)15-13-19-12-14-22(32-2)23(17-19)33-3/h7-8,10-15,17-18H,4-6,9,16H2,1-3H3. The fraction of sp³-hybridized carbons (Fsp3) is 0.296. The molecule has 0 bridgehead atoms. The molecule has 182 valence electrons. The van der Waals surface area contributed by atoms with Gasteiger partial charge in [-0.15, -0.1) is 5.10 Å². The van der Waals surface area contributed by atoms with Crippen LogP contribution in [0, 0.1) is 0 Å². The van der Waals surface area contributed by atoms with Crippen LogP contribution in [0.15, 0.2) is 47.3 Å². The zero-order chi connectivity index (χ0) is 24.6. The number of fused-ring (bicyclic) bond motifs is 1. The molecule has 0 aliphatic heterocycles. The van der Waals surface area contributed by atoms with Crippen molar-refractivity contribution in [2.45, 2.75) is 32.6 Å². The number of thiazole rings is 1. The Morgan fingerprint density at radius 3 is 2.57 bits per heavy atom. The Kier molecular flexibility index (Phi) is 8.15. The van der Waals surface area contributed by atoms with Crippen molar-refractivity contribution in [3.05, 3.63) is 74.3 Å². The minimum Gasteiger partial charge on any atom is -0.493 e. The van der Waals surface area contributed by atoms with Gasteiger partial charge in [-0.2, -0.15) is 9.50 Å². The summed E-state index contributed by atoms with van der Waals surface area (Å²) in [7, 11) is 3.19. The van der Waals surface area contributed by atoms with Crippen molar-refractivity contribution in [1.29, 1.82) is 0 Å². The number of unbranched alkanes of at least 4 members (excludes halogenated alkanes) is 3. The van der Waals surface area contributed by atoms with E-state index in [1.165, 1.54) is 28.7 Å². The fourth-order valence-corrected chi connectivity index (χ4v) is 4.54. The molecule has 0 saturated heterocycles. The summed E-state index contributed by atoms with van der Waals surface area (Å²) in [6, 6.07) is 13.4. The fourth-order valence-electron chi connectivity index (χ4n) is 3.63. The normalized spacial score (nSPS) is 12.0. The van der Waals surface area contributed by atoms with Crippen LogP contribution >= 0.6 is 11.3 Å². The van der Waals surface area contributed by atoms with E-state index in [4.69, 9.17) is 14.2 Å². The molecule has 7 nitrogen and oxygen atoms in total. The van der Waals surface area contributed by atoms with Gasteiger partial charge < -0.3 is 14.2 Å². The zero-order valence-corrected chi connectivity index (χ0v) is 21.0. The molecule has 0 aliphatic carbocycles. The second-order valence-corrected chi connectivity index (χ2v) is 8.98. The Morgan fingerprint density at radius 2 is 1.80 bits per heavy atom. The number of hydrogen-bond donors (Lipinski definition) is 0. The third-order valence-electron chi connectivity index (χ3n) is 5.49. The third kappa shape index (κ3) is 5.89. The largest absolute Gasteiger partial charge is 0.493 e. The van der Waals surface area contributed by atoms with Crippen molar-refractivity contribution >= 4 is 34.5 Å². The Morgan fingerprint density at radius 1 is 0.971 bits per heavy atom. The Bertz CT molecular complexity index is 1420. The maximum absolute atomic E-state index is 13.0. The highest BCUT2D eigenvalue weighted by molar-refractivity contribution is 7.15. The summed E-state index contributed by atoms with van der Waals surface area (Å²) in [5.74, 6) is 2.54. The van der Waals surface area contributed by atoms with Gasteiger partial charge in [0.15, 0.2) is 17.3 Å². The maximum Gasteiger partial charge on any atom is 0.291 e. The van der Waals surface area contributed by atoms with Gasteiger partial charge >= 0.3 is 0 Å². The summed E-state index contributed by atoms with van der Waals surface area (Å²) < 4.78 is 18.5. The van der Waals surface area contributed by atoms with Crippen molar-refractivity contribution < 1.29 is 14.2 Å². The van der Waals surface area contributed by atoms with Crippen LogP contribution in [-0.4, -0.2) is 35.4 Å². The molecule has 4 aromatic rings. The Hall–Kier alpha value is -3.65. The first-order valence-electron chi connectivity index (χ1n) is 11.7. The van der Waals surface area contributed by atoms with Crippen molar-refractivity contribution in [2.24, 2.45) is 0 Å². The van der Waals surface area contributed by atoms with Gasteiger partial charge in [0.1, 0.15) is 5.75 Å². The molecule has 0 radical (unpaired) electrons. The predicted octanol–water partition coefficient (Wildman–Crippen LogP) is 4.85. The van der Waals surface area contributed by atoms with E-state index in [1.807, 2.05) is 54.6 Å². The van der Waals surface area contributed by atoms with E-state index in [2.05, 4.69) is 17.0 Å². The lowest BCUT2D eigenvalue weighted by Crippen LogP contribution is -2.23. The van der Waals surface area contributed by atoms with E-state index in [-0.39, 0.29) is 5.56 Å². The molecule has 0 aliphatic rings. The van der Waals surface area contributed by atoms with Gasteiger partial charge in [-0.1, -0.05) is 67.9 Å². The molecular weight excluding hydrogens is 462 g/mol. The summed E-state index contributed by atoms with van der Waals surface area (Å²) >= 11 is 1.31. The van der Waals surface area contributed by atoms with Crippen LogP contribution < -0.4 is 24.3 Å². The van der Waals surface area contributed by atoms with Crippen molar-refractivity contribution in [3.8, 4) is 17.2 Å². The average Bonchev–Trinajstić information content (AvgIpc) is 3.41. The first-order chi connectivity index (χ1) is 17.1. The second kappa shape index (κ2) is 11.7. The lowest BCUT2D eigenvalue weighted by molar-refractivity contribution is 0.304. The molecule has 2 heterocycles. The Labute approximate surface area is 208 Å². The van der Waals surface area contributed by atoms with Crippen LogP contribution in [0.2, 0.25) is 0 Å². The number of hydrogen-bond acceptors (Lipinski definition) is 7. The van der Waals surface area contributed by atoms with Crippen LogP contribution in [0.1, 0.15) is 49.6 Å². The monoisotopic (exact) mass is 491 g/mol. The molecule has 4 rings (SSSR count). The molecule has 2 aromatic heterocycles. The SMILES string of the molecule is CCCCCCOc1ccccc1C=c1sc2nc(C=Cc3ccc(OC)c(OC)c3)nn2c1=O. The zero-order valence-electron chi connectivity index (χ0n) is 20.2. The molecule has 35 heavy (non-hydrogen) atoms. The highest BCUT2D eigenvalue weighted by Crippen LogP contribution is 2.28. The van der Waals surface area contributed by atoms with Gasteiger partial charge in [-0.05, 0) is 42.3 Å². The Balaban J connectivity index is 1.54. The van der Waals surface area contributed by atoms with E-state index in [0.29, 0.717) is 33.4 Å². The smallest absolute Gasteiger partial charge is 0.291 e. The van der Waals surface area contributed by atoms with Crippen molar-refractivity contribution in [3.63, 3.8) is 0 Å². The molecule has 8 heteroatoms. The van der Waals surface area contributed by atoms with Gasteiger partial charge in [-0.25, -0.2) is 0 Å². The van der Waals surface area contributed by atoms with Crippen LogP contribution in [0.4, 0.5) is 0 Å². The minimum absolute atomic E-state index is 0.194. The number of benzene rings is 2. The molecule has 0 amide bonds. The van der Waals surface area contributed by atoms with Gasteiger partial charge in [0, 0.05) is 5.56 Å². The first kappa shape index (κ1) is 24.5. The summed E-state index contributed by atoms with van der Waals surface area (Å²) in [6.07, 6.45) is 10.1. The number of methoxy groups -OCH3 is 2. The lowest BCUT2D eigenvalue weighted by atomic mass is 10.2. The number of nitrogens with zero attached hydrogens (tertiary/aromatic N) is 3. The molecular formula is C27H29N3O4S. The van der Waals surface area contributed by atoms with Gasteiger partial charge in [-0.3, -0.25) is 4.79 Å². The quantitative estimate of drug-likeness (QED) is 0.279. The minimum atomic E-state index is -0.194. The van der Waals surface area contributed by atoms with E-state index in [0.717, 1.165) is 29.7 Å². The molecule has 0 unspecified atom stereocenters. The summed E-state index contributed by atoms with van der Waals surface area (Å²) in [5.41, 5.74) is 1.59. The first-order valence-corrected chi connectivity index (χ1v) is 12.5. The van der Waals surface area contributed by atoms with Crippen LogP contribution in [-0.2, 0) is 0 Å². The maximum atomic E-state index is 13.0. The van der Waals surface area contributed by atoms with Crippen molar-refractivity contribution in [1.82, 2.24) is 14.6 Å². The highest BCUT2D eigenvalue weighted by Gasteiger charge is 2.10. The number of aromatic nitrogens is 3. The van der Waals surface area contributed by atoms with Gasteiger partial charge in [0.05, 0.1) is 25.4 Å². The van der Waals surface area contributed by atoms with Crippen molar-refractivity contribution in [2.75, 3.05) is 20.8 Å². The highest BCUT2D eigenvalue weighted by atomic mass is 32.1. The summed E-state index contributed by atoms with van der Waals surface area (Å²) in [6.45, 7) is 2.86. The molecule has 0 N–H and O–H groups in total. The van der Waals surface area contributed by atoms with Gasteiger partial charge in [0.25, 0.3) is 5.56 Å². The molecule has 0 spiro atoms. The number of ether oxygens (including phenoxy) is 3. The molecule has 0 saturated carbocycles. The number of para-hydroxylation sites is 1. The van der Waals surface area contributed by atoms with Crippen LogP contribution in [0.25, 0.3) is 23.2 Å².